The van der Waals surface area contributed by atoms with Crippen molar-refractivity contribution >= 4 is 29.7 Å². The van der Waals surface area contributed by atoms with Gasteiger partial charge in [-0.25, -0.2) is 9.78 Å². The summed E-state index contributed by atoms with van der Waals surface area (Å²) in [6.45, 7) is 9.46. The van der Waals surface area contributed by atoms with Crippen LogP contribution in [0.5, 0.6) is 0 Å². The molecule has 1 saturated heterocycles. The Morgan fingerprint density at radius 3 is 2.38 bits per heavy atom. The second-order valence-electron chi connectivity index (χ2n) is 11.9. The Hall–Kier alpha value is -4.26. The predicted octanol–water partition coefficient (Wildman–Crippen LogP) is 1.76. The van der Waals surface area contributed by atoms with Crippen molar-refractivity contribution in [3.63, 3.8) is 0 Å². The topological polar surface area (TPSA) is 183 Å². The Morgan fingerprint density at radius 1 is 1.07 bits per heavy atom. The number of hydrogen-bond acceptors (Lipinski definition) is 8. The van der Waals surface area contributed by atoms with Crippen LogP contribution in [0.15, 0.2) is 42.9 Å². The summed E-state index contributed by atoms with van der Waals surface area (Å²) in [5.74, 6) is -3.48. The van der Waals surface area contributed by atoms with Gasteiger partial charge >= 0.3 is 11.9 Å². The molecule has 0 aliphatic carbocycles. The highest BCUT2D eigenvalue weighted by Gasteiger charge is 2.39. The molecule has 1 fully saturated rings. The number of esters is 1. The summed E-state index contributed by atoms with van der Waals surface area (Å²) in [5.41, 5.74) is 1.40. The molecule has 0 spiro atoms. The van der Waals surface area contributed by atoms with Crippen molar-refractivity contribution in [2.75, 3.05) is 13.2 Å². The van der Waals surface area contributed by atoms with Crippen molar-refractivity contribution < 1.29 is 33.8 Å². The molecule has 0 saturated carbocycles. The van der Waals surface area contributed by atoms with Crippen LogP contribution >= 0.6 is 0 Å². The predicted molar refractivity (Wildman–Crippen MR) is 166 cm³/mol. The quantitative estimate of drug-likeness (QED) is 0.173. The van der Waals surface area contributed by atoms with Crippen molar-refractivity contribution in [2.24, 2.45) is 5.92 Å². The molecule has 6 atom stereocenters. The highest BCUT2D eigenvalue weighted by molar-refractivity contribution is 5.94. The summed E-state index contributed by atoms with van der Waals surface area (Å²) < 4.78 is 5.31. The zero-order valence-corrected chi connectivity index (χ0v) is 26.6. The van der Waals surface area contributed by atoms with Crippen LogP contribution in [0.25, 0.3) is 0 Å². The molecule has 1 aliphatic heterocycles. The van der Waals surface area contributed by atoms with Crippen molar-refractivity contribution in [1.29, 1.82) is 0 Å². The van der Waals surface area contributed by atoms with Gasteiger partial charge in [-0.1, -0.05) is 51.1 Å². The molecule has 246 valence electrons. The third-order valence-corrected chi connectivity index (χ3v) is 7.93. The third kappa shape index (κ3) is 9.87. The van der Waals surface area contributed by atoms with Gasteiger partial charge in [-0.3, -0.25) is 24.5 Å². The van der Waals surface area contributed by atoms with Crippen LogP contribution in [0.3, 0.4) is 0 Å². The molecule has 0 bridgehead atoms. The van der Waals surface area contributed by atoms with E-state index in [1.54, 1.807) is 20.0 Å². The lowest BCUT2D eigenvalue weighted by molar-refractivity contribution is -0.147. The van der Waals surface area contributed by atoms with E-state index in [1.165, 1.54) is 11.2 Å². The Bertz CT molecular complexity index is 1290. The SMILES string of the molecule is CCOC(=O)C(N[C@@H](C)C(=O)N1CCC[C@H]1C(=O)N[C@@H](Cc1c[nH]cn1)C(=O)N[C@@H](CC(C)C)C(=O)O)C(C)c1ccccc1. The van der Waals surface area contributed by atoms with Crippen LogP contribution in [0.1, 0.15) is 71.1 Å². The van der Waals surface area contributed by atoms with Gasteiger partial charge in [0.2, 0.25) is 17.7 Å². The van der Waals surface area contributed by atoms with E-state index in [4.69, 9.17) is 4.74 Å². The van der Waals surface area contributed by atoms with Crippen LogP contribution < -0.4 is 16.0 Å². The fourth-order valence-corrected chi connectivity index (χ4v) is 5.54. The van der Waals surface area contributed by atoms with Gasteiger partial charge in [-0.2, -0.15) is 0 Å². The molecule has 1 aromatic carbocycles. The lowest BCUT2D eigenvalue weighted by Crippen LogP contribution is -2.58. The molecule has 13 nitrogen and oxygen atoms in total. The van der Waals surface area contributed by atoms with Crippen molar-refractivity contribution in [3.05, 3.63) is 54.1 Å². The highest BCUT2D eigenvalue weighted by Crippen LogP contribution is 2.23. The number of imidazole rings is 1. The summed E-state index contributed by atoms with van der Waals surface area (Å²) in [6, 6.07) is 4.71. The number of nitrogens with zero attached hydrogens (tertiary/aromatic N) is 2. The summed E-state index contributed by atoms with van der Waals surface area (Å²) in [7, 11) is 0. The number of aromatic nitrogens is 2. The minimum atomic E-state index is -1.17. The molecule has 13 heteroatoms. The number of carboxylic acids is 1. The van der Waals surface area contributed by atoms with Crippen LogP contribution in [-0.2, 0) is 35.1 Å². The smallest absolute Gasteiger partial charge is 0.326 e. The van der Waals surface area contributed by atoms with Crippen LogP contribution in [0, 0.1) is 5.92 Å². The van der Waals surface area contributed by atoms with Crippen LogP contribution in [0.4, 0.5) is 0 Å². The maximum atomic E-state index is 13.7. The van der Waals surface area contributed by atoms with E-state index in [0.717, 1.165) is 5.56 Å². The van der Waals surface area contributed by atoms with E-state index in [-0.39, 0.29) is 37.2 Å². The molecule has 2 aromatic rings. The van der Waals surface area contributed by atoms with Crippen LogP contribution in [-0.4, -0.2) is 93.0 Å². The largest absolute Gasteiger partial charge is 0.480 e. The standard InChI is InChI=1S/C32H46N6O7/c1-6-45-32(44)27(20(4)22-11-8-7-9-12-22)35-21(5)30(41)38-14-10-13-26(38)29(40)36-24(16-23-17-33-18-34-23)28(39)37-25(31(42)43)15-19(2)3/h7-9,11-12,17-21,24-27,35H,6,10,13-16H2,1-5H3,(H,33,34)(H,36,40)(H,37,39)(H,42,43)/t20?,21-,24-,25-,26-,27?/m0/s1. The minimum absolute atomic E-state index is 0.0125. The number of carbonyl (C=O) groups is 5. The van der Waals surface area contributed by atoms with Gasteiger partial charge < -0.3 is 30.4 Å². The molecule has 2 heterocycles. The monoisotopic (exact) mass is 626 g/mol. The summed E-state index contributed by atoms with van der Waals surface area (Å²) >= 11 is 0. The number of likely N-dealkylation sites (tertiary alicyclic amines) is 1. The first-order valence-electron chi connectivity index (χ1n) is 15.5. The number of aromatic amines is 1. The molecule has 45 heavy (non-hydrogen) atoms. The van der Waals surface area contributed by atoms with Gasteiger partial charge in [0.1, 0.15) is 24.2 Å². The van der Waals surface area contributed by atoms with Gasteiger partial charge in [0, 0.05) is 25.1 Å². The molecule has 1 aromatic heterocycles. The lowest BCUT2D eigenvalue weighted by Gasteiger charge is -2.31. The number of H-pyrrole nitrogens is 1. The zero-order valence-electron chi connectivity index (χ0n) is 26.6. The molecule has 3 amide bonds. The Balaban J connectivity index is 1.74. The summed E-state index contributed by atoms with van der Waals surface area (Å²) in [5, 5.41) is 18.1. The highest BCUT2D eigenvalue weighted by atomic mass is 16.5. The first-order valence-corrected chi connectivity index (χ1v) is 15.5. The maximum Gasteiger partial charge on any atom is 0.326 e. The van der Waals surface area contributed by atoms with E-state index in [1.807, 2.05) is 51.1 Å². The van der Waals surface area contributed by atoms with Crippen molar-refractivity contribution in [1.82, 2.24) is 30.8 Å². The number of amides is 3. The van der Waals surface area contributed by atoms with Gasteiger partial charge in [0.25, 0.3) is 0 Å². The summed E-state index contributed by atoms with van der Waals surface area (Å²) in [6.07, 6.45) is 4.23. The van der Waals surface area contributed by atoms with Crippen LogP contribution in [0.2, 0.25) is 0 Å². The van der Waals surface area contributed by atoms with Gasteiger partial charge in [-0.05, 0) is 44.6 Å². The Morgan fingerprint density at radius 2 is 1.78 bits per heavy atom. The number of hydrogen-bond donors (Lipinski definition) is 5. The molecule has 3 rings (SSSR count). The fraction of sp³-hybridized carbons (Fsp3) is 0.562. The molecule has 5 N–H and O–H groups in total. The fourth-order valence-electron chi connectivity index (χ4n) is 5.54. The number of benzene rings is 1. The third-order valence-electron chi connectivity index (χ3n) is 7.93. The first kappa shape index (κ1) is 35.2. The molecule has 0 radical (unpaired) electrons. The molecule has 2 unspecified atom stereocenters. The Labute approximate surface area is 263 Å². The van der Waals surface area contributed by atoms with E-state index in [2.05, 4.69) is 25.9 Å². The van der Waals surface area contributed by atoms with E-state index in [0.29, 0.717) is 25.1 Å². The summed E-state index contributed by atoms with van der Waals surface area (Å²) in [4.78, 5) is 73.8. The number of ether oxygens (including phenoxy) is 1. The first-order chi connectivity index (χ1) is 21.4. The average molecular weight is 627 g/mol. The maximum absolute atomic E-state index is 13.7. The molecular weight excluding hydrogens is 580 g/mol. The molecule has 1 aliphatic rings. The minimum Gasteiger partial charge on any atom is -0.480 e. The van der Waals surface area contributed by atoms with E-state index >= 15 is 0 Å². The van der Waals surface area contributed by atoms with E-state index < -0.39 is 54.0 Å². The Kier molecular flexibility index (Phi) is 13.1. The number of nitrogens with one attached hydrogen (secondary N) is 4. The number of rotatable bonds is 16. The average Bonchev–Trinajstić information content (AvgIpc) is 3.71. The van der Waals surface area contributed by atoms with Gasteiger partial charge in [0.05, 0.1) is 24.7 Å². The van der Waals surface area contributed by atoms with E-state index in [9.17, 15) is 29.1 Å². The zero-order chi connectivity index (χ0) is 33.1. The van der Waals surface area contributed by atoms with Crippen molar-refractivity contribution in [3.8, 4) is 0 Å². The number of aliphatic carboxylic acids is 1. The molecular formula is C32H46N6O7. The van der Waals surface area contributed by atoms with Crippen molar-refractivity contribution in [2.45, 2.75) is 96.4 Å². The second kappa shape index (κ2) is 16.7. The van der Waals surface area contributed by atoms with Gasteiger partial charge in [-0.15, -0.1) is 0 Å². The second-order valence-corrected chi connectivity index (χ2v) is 11.9. The van der Waals surface area contributed by atoms with Gasteiger partial charge in [0.15, 0.2) is 0 Å². The number of carboxylic acid groups (broad SMARTS) is 1. The number of carbonyl (C=O) groups excluding carboxylic acids is 4. The lowest BCUT2D eigenvalue weighted by atomic mass is 9.92. The normalized spacial score (nSPS) is 18.0.